The van der Waals surface area contributed by atoms with Crippen LogP contribution in [-0.4, -0.2) is 17.3 Å². The number of fused-ring (bicyclic) bond motifs is 1. The first-order chi connectivity index (χ1) is 15.9. The molecule has 0 N–H and O–H groups in total. The zero-order valence-electron chi connectivity index (χ0n) is 18.6. The van der Waals surface area contributed by atoms with Crippen molar-refractivity contribution in [1.29, 1.82) is 0 Å². The predicted octanol–water partition coefficient (Wildman–Crippen LogP) is 7.68. The molecule has 0 amide bonds. The number of halogens is 3. The Morgan fingerprint density at radius 1 is 0.818 bits per heavy atom. The quantitative estimate of drug-likeness (QED) is 0.202. The Balaban J connectivity index is 1.59. The van der Waals surface area contributed by atoms with Gasteiger partial charge in [-0.3, -0.25) is 0 Å². The van der Waals surface area contributed by atoms with Crippen LogP contribution in [-0.2, 0) is 12.6 Å². The van der Waals surface area contributed by atoms with Crippen molar-refractivity contribution in [3.05, 3.63) is 119 Å². The first-order valence-corrected chi connectivity index (χ1v) is 11.2. The highest BCUT2D eigenvalue weighted by molar-refractivity contribution is 5.86. The van der Waals surface area contributed by atoms with E-state index in [1.165, 1.54) is 28.5 Å². The molecule has 1 nitrogen and oxygen atoms in total. The Labute approximate surface area is 192 Å². The smallest absolute Gasteiger partial charge is 0.229 e. The molecule has 0 unspecified atom stereocenters. The van der Waals surface area contributed by atoms with E-state index in [2.05, 4.69) is 66.2 Å². The lowest BCUT2D eigenvalue weighted by molar-refractivity contribution is -0.564. The number of aryl methyl sites for hydroxylation is 1. The molecule has 0 heterocycles. The van der Waals surface area contributed by atoms with Gasteiger partial charge in [-0.05, 0) is 41.0 Å². The van der Waals surface area contributed by atoms with Crippen molar-refractivity contribution in [1.82, 2.24) is 0 Å². The van der Waals surface area contributed by atoms with Gasteiger partial charge in [0.25, 0.3) is 0 Å². The van der Waals surface area contributed by atoms with Crippen molar-refractivity contribution in [3.8, 4) is 0 Å². The third kappa shape index (κ3) is 5.70. The molecule has 4 aromatic rings. The molecule has 0 aromatic heterocycles. The topological polar surface area (TPSA) is 3.01 Å². The molecule has 1 atom stereocenters. The highest BCUT2D eigenvalue weighted by atomic mass is 19.4. The van der Waals surface area contributed by atoms with E-state index >= 15 is 0 Å². The van der Waals surface area contributed by atoms with Crippen molar-refractivity contribution in [2.45, 2.75) is 32.0 Å². The maximum Gasteiger partial charge on any atom is 0.416 e. The highest BCUT2D eigenvalue weighted by Crippen LogP contribution is 2.30. The molecule has 0 fully saturated rings. The van der Waals surface area contributed by atoms with Gasteiger partial charge >= 0.3 is 6.18 Å². The van der Waals surface area contributed by atoms with E-state index in [-0.39, 0.29) is 6.04 Å². The van der Waals surface area contributed by atoms with Crippen molar-refractivity contribution < 1.29 is 17.7 Å². The summed E-state index contributed by atoms with van der Waals surface area (Å²) in [5, 5.41) is 2.42. The van der Waals surface area contributed by atoms with Gasteiger partial charge in [0, 0.05) is 24.5 Å². The molecule has 4 aromatic carbocycles. The van der Waals surface area contributed by atoms with Crippen molar-refractivity contribution >= 4 is 17.0 Å². The van der Waals surface area contributed by atoms with Gasteiger partial charge in [0.2, 0.25) is 0 Å². The number of hydrogen-bond acceptors (Lipinski definition) is 0. The normalized spacial score (nSPS) is 13.3. The number of hydrogen-bond donors (Lipinski definition) is 0. The minimum absolute atomic E-state index is 0.109. The summed E-state index contributed by atoms with van der Waals surface area (Å²) in [6, 6.07) is 30.6. The van der Waals surface area contributed by atoms with E-state index in [1.807, 2.05) is 24.3 Å². The fourth-order valence-corrected chi connectivity index (χ4v) is 4.26. The van der Waals surface area contributed by atoms with Crippen LogP contribution in [0.2, 0.25) is 0 Å². The molecule has 0 aliphatic carbocycles. The second-order valence-corrected chi connectivity index (χ2v) is 8.32. The monoisotopic (exact) mass is 446 g/mol. The summed E-state index contributed by atoms with van der Waals surface area (Å²) in [6.07, 6.45) is -0.824. The Hall–Kier alpha value is -3.40. The van der Waals surface area contributed by atoms with Crippen LogP contribution in [0.3, 0.4) is 0 Å². The first-order valence-electron chi connectivity index (χ1n) is 11.2. The lowest BCUT2D eigenvalue weighted by Crippen LogP contribution is -2.20. The Morgan fingerprint density at radius 3 is 2.30 bits per heavy atom. The minimum Gasteiger partial charge on any atom is -0.229 e. The van der Waals surface area contributed by atoms with Crippen LogP contribution in [0.4, 0.5) is 13.2 Å². The van der Waals surface area contributed by atoms with Crippen LogP contribution < -0.4 is 0 Å². The highest BCUT2D eigenvalue weighted by Gasteiger charge is 2.30. The molecule has 0 saturated carbocycles. The largest absolute Gasteiger partial charge is 0.416 e. The zero-order chi connectivity index (χ0) is 23.3. The molecule has 4 heteroatoms. The molecule has 4 rings (SSSR count). The van der Waals surface area contributed by atoms with Gasteiger partial charge in [0.05, 0.1) is 5.56 Å². The molecular weight excluding hydrogens is 419 g/mol. The lowest BCUT2D eigenvalue weighted by atomic mass is 9.99. The van der Waals surface area contributed by atoms with E-state index in [0.717, 1.165) is 24.6 Å². The van der Waals surface area contributed by atoms with Crippen LogP contribution in [0.5, 0.6) is 0 Å². The number of rotatable bonds is 7. The van der Waals surface area contributed by atoms with Gasteiger partial charge in [0.1, 0.15) is 6.54 Å². The van der Waals surface area contributed by atoms with Crippen LogP contribution >= 0.6 is 0 Å². The van der Waals surface area contributed by atoms with E-state index in [4.69, 9.17) is 0 Å². The first kappa shape index (κ1) is 22.8. The van der Waals surface area contributed by atoms with E-state index in [9.17, 15) is 13.2 Å². The van der Waals surface area contributed by atoms with Gasteiger partial charge < -0.3 is 0 Å². The second-order valence-electron chi connectivity index (χ2n) is 8.32. The summed E-state index contributed by atoms with van der Waals surface area (Å²) in [7, 11) is 0. The van der Waals surface area contributed by atoms with Crippen LogP contribution in [0.15, 0.2) is 97.1 Å². The maximum absolute atomic E-state index is 13.1. The molecule has 0 bridgehead atoms. The Bertz CT molecular complexity index is 1240. The van der Waals surface area contributed by atoms with Crippen molar-refractivity contribution in [2.24, 2.45) is 0 Å². The van der Waals surface area contributed by atoms with Gasteiger partial charge in [-0.25, -0.2) is 4.58 Å². The predicted molar refractivity (Wildman–Crippen MR) is 129 cm³/mol. The van der Waals surface area contributed by atoms with Crippen molar-refractivity contribution in [2.75, 3.05) is 6.54 Å². The van der Waals surface area contributed by atoms with Crippen LogP contribution in [0.25, 0.3) is 10.8 Å². The Morgan fingerprint density at radius 2 is 1.52 bits per heavy atom. The van der Waals surface area contributed by atoms with Gasteiger partial charge in [-0.15, -0.1) is 0 Å². The third-order valence-corrected chi connectivity index (χ3v) is 6.02. The molecule has 0 saturated heterocycles. The standard InChI is InChI=1S/C29H27F3N/c1-22(27-18-8-15-25-14-5-6-17-28(25)27)33(21-24-10-3-2-4-11-24)19-9-13-23-12-7-16-26(20-23)29(30,31)32/h2-8,10-12,14-18,20-22H,9,13,19H2,1H3/q+1/t22-/m1/s1. The van der Waals surface area contributed by atoms with Crippen LogP contribution in [0, 0.1) is 0 Å². The van der Waals surface area contributed by atoms with E-state index in [0.29, 0.717) is 12.0 Å². The third-order valence-electron chi connectivity index (χ3n) is 6.02. The maximum atomic E-state index is 13.1. The SMILES string of the molecule is C[C@H](c1cccc2ccccc12)[N+](=Cc1ccccc1)CCCc1cccc(C(F)(F)F)c1. The summed E-state index contributed by atoms with van der Waals surface area (Å²) in [4.78, 5) is 0. The summed E-state index contributed by atoms with van der Waals surface area (Å²) in [5.74, 6) is 0. The zero-order valence-corrected chi connectivity index (χ0v) is 18.6. The molecule has 0 radical (unpaired) electrons. The Kier molecular flexibility index (Phi) is 6.93. The fourth-order valence-electron chi connectivity index (χ4n) is 4.26. The molecule has 0 aliphatic rings. The van der Waals surface area contributed by atoms with Gasteiger partial charge in [-0.1, -0.05) is 78.9 Å². The van der Waals surface area contributed by atoms with E-state index in [1.54, 1.807) is 6.07 Å². The molecule has 168 valence electrons. The average molecular weight is 447 g/mol. The van der Waals surface area contributed by atoms with E-state index < -0.39 is 11.7 Å². The number of benzene rings is 4. The number of alkyl halides is 3. The summed E-state index contributed by atoms with van der Waals surface area (Å²) >= 11 is 0. The molecule has 0 spiro atoms. The van der Waals surface area contributed by atoms with Gasteiger partial charge in [-0.2, -0.15) is 13.2 Å². The average Bonchev–Trinajstić information content (AvgIpc) is 2.83. The summed E-state index contributed by atoms with van der Waals surface area (Å²) in [6.45, 7) is 2.92. The molecular formula is C29H27F3N+. The lowest BCUT2D eigenvalue weighted by Gasteiger charge is -2.15. The molecule has 33 heavy (non-hydrogen) atoms. The van der Waals surface area contributed by atoms with Crippen LogP contribution in [0.1, 0.15) is 41.6 Å². The molecule has 0 aliphatic heterocycles. The summed E-state index contributed by atoms with van der Waals surface area (Å²) < 4.78 is 41.5. The number of nitrogens with zero attached hydrogens (tertiary/aromatic N) is 1. The second kappa shape index (κ2) is 10.0. The fraction of sp³-hybridized carbons (Fsp3) is 0.207. The summed E-state index contributed by atoms with van der Waals surface area (Å²) in [5.41, 5.74) is 2.46. The minimum atomic E-state index is -4.31. The van der Waals surface area contributed by atoms with Crippen molar-refractivity contribution in [3.63, 3.8) is 0 Å². The van der Waals surface area contributed by atoms with Gasteiger partial charge in [0.15, 0.2) is 12.3 Å².